The second-order valence-corrected chi connectivity index (χ2v) is 7.66. The molecule has 0 saturated carbocycles. The Labute approximate surface area is 191 Å². The van der Waals surface area contributed by atoms with Crippen molar-refractivity contribution in [2.24, 2.45) is 5.10 Å². The van der Waals surface area contributed by atoms with Crippen LogP contribution in [0.15, 0.2) is 83.3 Å². The fourth-order valence-electron chi connectivity index (χ4n) is 3.08. The molecule has 0 aliphatic heterocycles. The maximum Gasteiger partial charge on any atom is 0.203 e. The highest BCUT2D eigenvalue weighted by molar-refractivity contribution is 7.14. The normalized spacial score (nSPS) is 10.8. The van der Waals surface area contributed by atoms with Crippen LogP contribution in [0.4, 0.5) is 5.13 Å². The first-order valence-electron chi connectivity index (χ1n) is 9.99. The second kappa shape index (κ2) is 10.5. The van der Waals surface area contributed by atoms with E-state index in [9.17, 15) is 0 Å². The number of hydrazone groups is 1. The van der Waals surface area contributed by atoms with Gasteiger partial charge in [0.1, 0.15) is 6.61 Å². The molecule has 1 aromatic heterocycles. The summed E-state index contributed by atoms with van der Waals surface area (Å²) in [6.07, 6.45) is 1.69. The molecule has 0 amide bonds. The van der Waals surface area contributed by atoms with E-state index in [0.29, 0.717) is 29.0 Å². The van der Waals surface area contributed by atoms with Gasteiger partial charge in [0, 0.05) is 16.5 Å². The first kappa shape index (κ1) is 21.4. The summed E-state index contributed by atoms with van der Waals surface area (Å²) in [6.45, 7) is 0.413. The zero-order valence-corrected chi connectivity index (χ0v) is 18.6. The van der Waals surface area contributed by atoms with Crippen LogP contribution >= 0.6 is 11.3 Å². The molecule has 0 bridgehead atoms. The number of methoxy groups -OCH3 is 2. The van der Waals surface area contributed by atoms with E-state index in [1.807, 2.05) is 78.2 Å². The van der Waals surface area contributed by atoms with E-state index in [4.69, 9.17) is 14.2 Å². The van der Waals surface area contributed by atoms with Crippen molar-refractivity contribution in [3.05, 3.63) is 89.3 Å². The summed E-state index contributed by atoms with van der Waals surface area (Å²) in [5, 5.41) is 7.02. The van der Waals surface area contributed by atoms with Crippen LogP contribution in [0.3, 0.4) is 0 Å². The van der Waals surface area contributed by atoms with Gasteiger partial charge >= 0.3 is 0 Å². The van der Waals surface area contributed by atoms with Crippen LogP contribution in [0.1, 0.15) is 11.1 Å². The Morgan fingerprint density at radius 1 is 0.938 bits per heavy atom. The highest BCUT2D eigenvalue weighted by Gasteiger charge is 2.14. The molecule has 1 N–H and O–H groups in total. The number of rotatable bonds is 9. The lowest BCUT2D eigenvalue weighted by Crippen LogP contribution is -2.01. The molecule has 0 saturated heterocycles. The van der Waals surface area contributed by atoms with Gasteiger partial charge in [-0.3, -0.25) is 5.43 Å². The fourth-order valence-corrected chi connectivity index (χ4v) is 3.74. The summed E-state index contributed by atoms with van der Waals surface area (Å²) >= 11 is 1.50. The van der Waals surface area contributed by atoms with Crippen molar-refractivity contribution in [2.75, 3.05) is 19.6 Å². The Morgan fingerprint density at radius 2 is 1.59 bits per heavy atom. The van der Waals surface area contributed by atoms with E-state index in [-0.39, 0.29) is 0 Å². The molecule has 0 unspecified atom stereocenters. The molecular formula is C25H23N3O3S. The molecule has 0 aliphatic carbocycles. The number of anilines is 1. The smallest absolute Gasteiger partial charge is 0.203 e. The van der Waals surface area contributed by atoms with Crippen LogP contribution in [0.5, 0.6) is 17.2 Å². The Balaban J connectivity index is 1.46. The van der Waals surface area contributed by atoms with Crippen molar-refractivity contribution in [2.45, 2.75) is 6.61 Å². The molecule has 1 heterocycles. The molecule has 7 heteroatoms. The van der Waals surface area contributed by atoms with E-state index in [2.05, 4.69) is 15.5 Å². The maximum absolute atomic E-state index is 5.99. The lowest BCUT2D eigenvalue weighted by Gasteiger charge is -2.15. The van der Waals surface area contributed by atoms with Crippen LogP contribution in [0.2, 0.25) is 0 Å². The van der Waals surface area contributed by atoms with Crippen LogP contribution in [-0.4, -0.2) is 25.4 Å². The van der Waals surface area contributed by atoms with Gasteiger partial charge in [-0.15, -0.1) is 11.3 Å². The molecule has 0 aliphatic rings. The third-order valence-electron chi connectivity index (χ3n) is 4.66. The summed E-state index contributed by atoms with van der Waals surface area (Å²) in [7, 11) is 3.20. The van der Waals surface area contributed by atoms with Crippen molar-refractivity contribution in [3.63, 3.8) is 0 Å². The first-order valence-corrected chi connectivity index (χ1v) is 10.9. The van der Waals surface area contributed by atoms with Gasteiger partial charge in [0.2, 0.25) is 10.9 Å². The molecule has 4 rings (SSSR count). The predicted molar refractivity (Wildman–Crippen MR) is 129 cm³/mol. The van der Waals surface area contributed by atoms with Gasteiger partial charge in [0.05, 0.1) is 26.1 Å². The zero-order chi connectivity index (χ0) is 22.2. The van der Waals surface area contributed by atoms with E-state index >= 15 is 0 Å². The third kappa shape index (κ3) is 5.25. The van der Waals surface area contributed by atoms with Crippen LogP contribution in [-0.2, 0) is 6.61 Å². The van der Waals surface area contributed by atoms with Crippen molar-refractivity contribution < 1.29 is 14.2 Å². The molecule has 0 atom stereocenters. The van der Waals surface area contributed by atoms with E-state index in [1.165, 1.54) is 11.3 Å². The van der Waals surface area contributed by atoms with Gasteiger partial charge in [-0.1, -0.05) is 60.7 Å². The predicted octanol–water partition coefficient (Wildman–Crippen LogP) is 5.85. The summed E-state index contributed by atoms with van der Waals surface area (Å²) in [6, 6.07) is 23.7. The topological polar surface area (TPSA) is 65.0 Å². The highest BCUT2D eigenvalue weighted by atomic mass is 32.1. The molecule has 4 aromatic rings. The first-order chi connectivity index (χ1) is 15.8. The van der Waals surface area contributed by atoms with E-state index < -0.39 is 0 Å². The number of benzene rings is 3. The van der Waals surface area contributed by atoms with E-state index in [0.717, 1.165) is 22.4 Å². The molecule has 32 heavy (non-hydrogen) atoms. The maximum atomic E-state index is 5.99. The molecule has 162 valence electrons. The Bertz CT molecular complexity index is 1150. The minimum Gasteiger partial charge on any atom is -0.493 e. The van der Waals surface area contributed by atoms with Gasteiger partial charge in [0.25, 0.3) is 0 Å². The number of nitrogens with one attached hydrogen (secondary N) is 1. The van der Waals surface area contributed by atoms with Gasteiger partial charge in [0.15, 0.2) is 11.5 Å². The number of aromatic nitrogens is 1. The fraction of sp³-hybridized carbons (Fsp3) is 0.120. The molecule has 0 spiro atoms. The minimum absolute atomic E-state index is 0.413. The van der Waals surface area contributed by atoms with Crippen molar-refractivity contribution in [3.8, 4) is 28.5 Å². The summed E-state index contributed by atoms with van der Waals surface area (Å²) < 4.78 is 17.1. The number of thiazole rings is 1. The highest BCUT2D eigenvalue weighted by Crippen LogP contribution is 2.38. The van der Waals surface area contributed by atoms with Gasteiger partial charge in [-0.2, -0.15) is 5.10 Å². The third-order valence-corrected chi connectivity index (χ3v) is 5.40. The Hall–Kier alpha value is -3.84. The minimum atomic E-state index is 0.413. The van der Waals surface area contributed by atoms with Gasteiger partial charge in [-0.25, -0.2) is 4.98 Å². The van der Waals surface area contributed by atoms with Gasteiger partial charge < -0.3 is 14.2 Å². The number of nitrogens with zero attached hydrogens (tertiary/aromatic N) is 2. The number of hydrogen-bond acceptors (Lipinski definition) is 7. The van der Waals surface area contributed by atoms with Crippen LogP contribution in [0, 0.1) is 0 Å². The molecular weight excluding hydrogens is 422 g/mol. The molecule has 0 fully saturated rings. The lowest BCUT2D eigenvalue weighted by atomic mass is 10.2. The molecule has 3 aromatic carbocycles. The quantitative estimate of drug-likeness (QED) is 0.258. The monoisotopic (exact) mass is 445 g/mol. The van der Waals surface area contributed by atoms with E-state index in [1.54, 1.807) is 20.4 Å². The molecule has 6 nitrogen and oxygen atoms in total. The van der Waals surface area contributed by atoms with Crippen LogP contribution < -0.4 is 19.6 Å². The standard InChI is InChI=1S/C25H23N3O3S/c1-29-22-13-19(14-23(30-2)24(22)31-16-18-9-5-3-6-10-18)15-26-28-25-27-21(17-32-25)20-11-7-4-8-12-20/h3-15,17H,16H2,1-2H3,(H,27,28)/b26-15-. The Kier molecular flexibility index (Phi) is 6.99. The lowest BCUT2D eigenvalue weighted by molar-refractivity contribution is 0.266. The molecule has 0 radical (unpaired) electrons. The van der Waals surface area contributed by atoms with Crippen molar-refractivity contribution in [1.82, 2.24) is 4.98 Å². The number of hydrogen-bond donors (Lipinski definition) is 1. The van der Waals surface area contributed by atoms with Crippen LogP contribution in [0.25, 0.3) is 11.3 Å². The van der Waals surface area contributed by atoms with Crippen molar-refractivity contribution in [1.29, 1.82) is 0 Å². The average molecular weight is 446 g/mol. The van der Waals surface area contributed by atoms with Crippen molar-refractivity contribution >= 4 is 22.7 Å². The summed E-state index contributed by atoms with van der Waals surface area (Å²) in [5.41, 5.74) is 6.83. The largest absolute Gasteiger partial charge is 0.493 e. The zero-order valence-electron chi connectivity index (χ0n) is 17.8. The summed E-state index contributed by atoms with van der Waals surface area (Å²) in [5.74, 6) is 1.70. The average Bonchev–Trinajstić information content (AvgIpc) is 3.32. The summed E-state index contributed by atoms with van der Waals surface area (Å²) in [4.78, 5) is 4.57. The van der Waals surface area contributed by atoms with Gasteiger partial charge in [-0.05, 0) is 17.7 Å². The SMILES string of the molecule is COc1cc(/C=N\Nc2nc(-c3ccccc3)cs2)cc(OC)c1OCc1ccccc1. The number of ether oxygens (including phenoxy) is 3. The second-order valence-electron chi connectivity index (χ2n) is 6.80. The Morgan fingerprint density at radius 3 is 2.25 bits per heavy atom.